The molecule has 1 aromatic carbocycles. The topological polar surface area (TPSA) is 41.6 Å². The maximum atomic E-state index is 12.0. The molecule has 1 fully saturated rings. The minimum absolute atomic E-state index is 0.149. The van der Waals surface area contributed by atoms with E-state index in [1.807, 2.05) is 31.2 Å². The summed E-state index contributed by atoms with van der Waals surface area (Å²) in [6, 6.07) is 8.03. The first-order valence-corrected chi connectivity index (χ1v) is 8.22. The summed E-state index contributed by atoms with van der Waals surface area (Å²) in [5, 5.41) is 3.31. The first-order valence-electron chi connectivity index (χ1n) is 6.97. The van der Waals surface area contributed by atoms with Gasteiger partial charge in [-0.3, -0.25) is 9.69 Å². The number of benzene rings is 1. The summed E-state index contributed by atoms with van der Waals surface area (Å²) in [6.07, 6.45) is 0. The van der Waals surface area contributed by atoms with Crippen LogP contribution in [0.1, 0.15) is 15.1 Å². The van der Waals surface area contributed by atoms with Gasteiger partial charge >= 0.3 is 5.97 Å². The van der Waals surface area contributed by atoms with Gasteiger partial charge in [0.15, 0.2) is 0 Å². The lowest BCUT2D eigenvalue weighted by Gasteiger charge is -2.26. The number of hydrogen-bond donors (Lipinski definition) is 1. The maximum Gasteiger partial charge on any atom is 0.323 e. The molecule has 1 heterocycles. The molecule has 0 radical (unpaired) electrons. The molecule has 20 heavy (non-hydrogen) atoms. The fraction of sp³-hybridized carbons (Fsp3) is 0.533. The number of piperazine rings is 1. The van der Waals surface area contributed by atoms with Crippen molar-refractivity contribution in [3.63, 3.8) is 0 Å². The molecule has 0 aliphatic carbocycles. The van der Waals surface area contributed by atoms with Gasteiger partial charge in [-0.15, -0.1) is 0 Å². The molecule has 1 unspecified atom stereocenters. The van der Waals surface area contributed by atoms with Crippen molar-refractivity contribution < 1.29 is 9.53 Å². The van der Waals surface area contributed by atoms with Crippen LogP contribution in [0.4, 0.5) is 0 Å². The van der Waals surface area contributed by atoms with E-state index in [0.717, 1.165) is 38.3 Å². The molecule has 2 rings (SSSR count). The Morgan fingerprint density at radius 2 is 2.00 bits per heavy atom. The van der Waals surface area contributed by atoms with Crippen molar-refractivity contribution in [2.24, 2.45) is 0 Å². The number of alkyl halides is 1. The number of rotatable bonds is 5. The smallest absolute Gasteiger partial charge is 0.323 e. The maximum absolute atomic E-state index is 12.0. The van der Waals surface area contributed by atoms with Crippen LogP contribution >= 0.6 is 22.6 Å². The average molecular weight is 388 g/mol. The van der Waals surface area contributed by atoms with E-state index < -0.39 is 0 Å². The lowest BCUT2D eigenvalue weighted by atomic mass is 10.1. The average Bonchev–Trinajstić information content (AvgIpc) is 2.48. The molecule has 0 aromatic heterocycles. The zero-order chi connectivity index (χ0) is 14.4. The van der Waals surface area contributed by atoms with Crippen LogP contribution in [0, 0.1) is 6.92 Å². The van der Waals surface area contributed by atoms with E-state index in [-0.39, 0.29) is 9.89 Å². The molecule has 0 spiro atoms. The van der Waals surface area contributed by atoms with Gasteiger partial charge in [0, 0.05) is 32.7 Å². The Kier molecular flexibility index (Phi) is 6.25. The van der Waals surface area contributed by atoms with Gasteiger partial charge in [0.25, 0.3) is 0 Å². The number of nitrogens with one attached hydrogen (secondary N) is 1. The number of carbonyl (C=O) groups is 1. The molecule has 0 saturated carbocycles. The predicted octanol–water partition coefficient (Wildman–Crippen LogP) is 1.92. The number of carbonyl (C=O) groups excluding carboxylic acids is 1. The highest BCUT2D eigenvalue weighted by Crippen LogP contribution is 2.25. The second kappa shape index (κ2) is 7.95. The van der Waals surface area contributed by atoms with Gasteiger partial charge in [-0.25, -0.2) is 0 Å². The second-order valence-corrected chi connectivity index (χ2v) is 6.28. The number of aryl methyl sites for hydroxylation is 1. The monoisotopic (exact) mass is 388 g/mol. The zero-order valence-corrected chi connectivity index (χ0v) is 13.9. The Bertz CT molecular complexity index is 430. The molecule has 0 bridgehead atoms. The van der Waals surface area contributed by atoms with Crippen molar-refractivity contribution in [3.05, 3.63) is 35.4 Å². The van der Waals surface area contributed by atoms with Crippen molar-refractivity contribution in [1.29, 1.82) is 0 Å². The van der Waals surface area contributed by atoms with Gasteiger partial charge in [0.1, 0.15) is 10.5 Å². The first-order chi connectivity index (χ1) is 9.66. The van der Waals surface area contributed by atoms with E-state index in [1.165, 1.54) is 5.56 Å². The molecular formula is C15H21IN2O2. The number of hydrogen-bond acceptors (Lipinski definition) is 4. The molecule has 1 atom stereocenters. The van der Waals surface area contributed by atoms with E-state index in [2.05, 4.69) is 32.8 Å². The van der Waals surface area contributed by atoms with E-state index in [4.69, 9.17) is 4.74 Å². The molecule has 5 heteroatoms. The lowest BCUT2D eigenvalue weighted by molar-refractivity contribution is -0.143. The van der Waals surface area contributed by atoms with Gasteiger partial charge in [0.2, 0.25) is 0 Å². The summed E-state index contributed by atoms with van der Waals surface area (Å²) in [5.41, 5.74) is 2.20. The number of ether oxygens (including phenoxy) is 1. The molecule has 4 nitrogen and oxygen atoms in total. The molecule has 0 amide bonds. The third-order valence-electron chi connectivity index (χ3n) is 3.44. The van der Waals surface area contributed by atoms with Crippen molar-refractivity contribution in [2.45, 2.75) is 10.8 Å². The number of esters is 1. The molecular weight excluding hydrogens is 367 g/mol. The summed E-state index contributed by atoms with van der Waals surface area (Å²) in [7, 11) is 0. The second-order valence-electron chi connectivity index (χ2n) is 5.03. The molecule has 110 valence electrons. The third kappa shape index (κ3) is 4.71. The molecule has 1 aliphatic heterocycles. The fourth-order valence-corrected chi connectivity index (χ4v) is 2.75. The normalized spacial score (nSPS) is 17.7. The van der Waals surface area contributed by atoms with E-state index >= 15 is 0 Å². The number of nitrogens with zero attached hydrogens (tertiary/aromatic N) is 1. The Labute approximate surface area is 134 Å². The van der Waals surface area contributed by atoms with Crippen LogP contribution in [-0.2, 0) is 9.53 Å². The molecule has 1 aliphatic rings. The van der Waals surface area contributed by atoms with Crippen molar-refractivity contribution >= 4 is 28.6 Å². The van der Waals surface area contributed by atoms with Crippen LogP contribution in [0.3, 0.4) is 0 Å². The van der Waals surface area contributed by atoms with Gasteiger partial charge in [0.05, 0.1) is 0 Å². The van der Waals surface area contributed by atoms with Gasteiger partial charge in [-0.2, -0.15) is 0 Å². The van der Waals surface area contributed by atoms with E-state index in [9.17, 15) is 4.79 Å². The van der Waals surface area contributed by atoms with Crippen LogP contribution in [0.2, 0.25) is 0 Å². The largest absolute Gasteiger partial charge is 0.463 e. The van der Waals surface area contributed by atoms with Crippen LogP contribution in [0.15, 0.2) is 24.3 Å². The quantitative estimate of drug-likeness (QED) is 0.476. The molecule has 1 aromatic rings. The highest BCUT2D eigenvalue weighted by molar-refractivity contribution is 14.1. The van der Waals surface area contributed by atoms with E-state index in [1.54, 1.807) is 0 Å². The summed E-state index contributed by atoms with van der Waals surface area (Å²) in [5.74, 6) is -0.149. The fourth-order valence-electron chi connectivity index (χ4n) is 2.15. The van der Waals surface area contributed by atoms with Crippen molar-refractivity contribution in [2.75, 3.05) is 39.3 Å². The van der Waals surface area contributed by atoms with Crippen LogP contribution in [-0.4, -0.2) is 50.2 Å². The Morgan fingerprint density at radius 3 is 2.65 bits per heavy atom. The SMILES string of the molecule is Cc1ccc(C(I)C(=O)OCCN2CCNCC2)cc1. The molecule has 1 saturated heterocycles. The van der Waals surface area contributed by atoms with Crippen molar-refractivity contribution in [1.82, 2.24) is 10.2 Å². The third-order valence-corrected chi connectivity index (χ3v) is 4.67. The predicted molar refractivity (Wildman–Crippen MR) is 88.2 cm³/mol. The summed E-state index contributed by atoms with van der Waals surface area (Å²) < 4.78 is 5.16. The zero-order valence-electron chi connectivity index (χ0n) is 11.8. The number of halogens is 1. The molecule has 1 N–H and O–H groups in total. The van der Waals surface area contributed by atoms with E-state index in [0.29, 0.717) is 6.61 Å². The Morgan fingerprint density at radius 1 is 1.35 bits per heavy atom. The summed E-state index contributed by atoms with van der Waals surface area (Å²) in [4.78, 5) is 14.3. The van der Waals surface area contributed by atoms with Crippen LogP contribution in [0.25, 0.3) is 0 Å². The minimum atomic E-state index is -0.226. The highest BCUT2D eigenvalue weighted by atomic mass is 127. The Balaban J connectivity index is 1.74. The summed E-state index contributed by atoms with van der Waals surface area (Å²) >= 11 is 2.14. The highest BCUT2D eigenvalue weighted by Gasteiger charge is 2.19. The minimum Gasteiger partial charge on any atom is -0.463 e. The van der Waals surface area contributed by atoms with Crippen LogP contribution < -0.4 is 5.32 Å². The summed E-state index contributed by atoms with van der Waals surface area (Å²) in [6.45, 7) is 7.44. The van der Waals surface area contributed by atoms with Gasteiger partial charge in [-0.05, 0) is 12.5 Å². The van der Waals surface area contributed by atoms with Gasteiger partial charge in [-0.1, -0.05) is 52.4 Å². The van der Waals surface area contributed by atoms with Crippen molar-refractivity contribution in [3.8, 4) is 0 Å². The lowest BCUT2D eigenvalue weighted by Crippen LogP contribution is -2.44. The standard InChI is InChI=1S/C15H21IN2O2/c1-12-2-4-13(5-3-12)14(16)15(19)20-11-10-18-8-6-17-7-9-18/h2-5,14,17H,6-11H2,1H3. The van der Waals surface area contributed by atoms with Gasteiger partial charge < -0.3 is 10.1 Å². The van der Waals surface area contributed by atoms with Crippen LogP contribution in [0.5, 0.6) is 0 Å². The Hall–Kier alpha value is -0.660. The first kappa shape index (κ1) is 15.7.